The van der Waals surface area contributed by atoms with E-state index in [1.165, 1.54) is 0 Å². The summed E-state index contributed by atoms with van der Waals surface area (Å²) < 4.78 is 11.0. The van der Waals surface area contributed by atoms with Crippen molar-refractivity contribution in [2.24, 2.45) is 0 Å². The molecule has 0 radical (unpaired) electrons. The summed E-state index contributed by atoms with van der Waals surface area (Å²) in [7, 11) is 0. The Bertz CT molecular complexity index is 661. The van der Waals surface area contributed by atoms with Crippen molar-refractivity contribution in [3.63, 3.8) is 0 Å². The lowest BCUT2D eigenvalue weighted by molar-refractivity contribution is 0.399. The summed E-state index contributed by atoms with van der Waals surface area (Å²) in [5.74, 6) is 1.24. The summed E-state index contributed by atoms with van der Waals surface area (Å²) in [6.45, 7) is 0. The van der Waals surface area contributed by atoms with E-state index < -0.39 is 0 Å². The van der Waals surface area contributed by atoms with Crippen molar-refractivity contribution in [3.8, 4) is 23.5 Å². The Labute approximate surface area is 121 Å². The second-order valence-corrected chi connectivity index (χ2v) is 4.09. The molecule has 21 heavy (non-hydrogen) atoms. The van der Waals surface area contributed by atoms with Crippen LogP contribution in [0.4, 0.5) is 5.95 Å². The Kier molecular flexibility index (Phi) is 3.60. The van der Waals surface area contributed by atoms with Crippen LogP contribution in [0.3, 0.4) is 0 Å². The first-order chi connectivity index (χ1) is 10.3. The van der Waals surface area contributed by atoms with E-state index in [9.17, 15) is 0 Å². The molecule has 0 amide bonds. The van der Waals surface area contributed by atoms with E-state index in [4.69, 9.17) is 15.2 Å². The Hall–Kier alpha value is -3.15. The lowest BCUT2D eigenvalue weighted by Crippen LogP contribution is -2.02. The number of hydrogen-bond acceptors (Lipinski definition) is 6. The minimum Gasteiger partial charge on any atom is -0.424 e. The molecule has 0 atom stereocenters. The minimum atomic E-state index is 0.0295. The largest absolute Gasteiger partial charge is 0.424 e. The Morgan fingerprint density at radius 2 is 1.05 bits per heavy atom. The molecule has 0 aliphatic rings. The summed E-state index contributed by atoms with van der Waals surface area (Å²) in [4.78, 5) is 11.9. The van der Waals surface area contributed by atoms with Gasteiger partial charge in [-0.15, -0.1) is 4.98 Å². The molecule has 1 aromatic heterocycles. The predicted octanol–water partition coefficient (Wildman–Crippen LogP) is 3.04. The van der Waals surface area contributed by atoms with Crippen LogP contribution in [0.25, 0.3) is 0 Å². The van der Waals surface area contributed by atoms with Crippen molar-refractivity contribution in [3.05, 3.63) is 60.7 Å². The number of rotatable bonds is 4. The minimum absolute atomic E-state index is 0.0295. The van der Waals surface area contributed by atoms with Crippen molar-refractivity contribution in [2.45, 2.75) is 0 Å². The molecular formula is C15H12N4O2. The van der Waals surface area contributed by atoms with Crippen molar-refractivity contribution < 1.29 is 9.47 Å². The van der Waals surface area contributed by atoms with Crippen molar-refractivity contribution in [1.82, 2.24) is 15.0 Å². The zero-order chi connectivity index (χ0) is 14.5. The van der Waals surface area contributed by atoms with Crippen LogP contribution < -0.4 is 15.2 Å². The highest BCUT2D eigenvalue weighted by Gasteiger charge is 2.08. The van der Waals surface area contributed by atoms with E-state index in [0.29, 0.717) is 11.5 Å². The highest BCUT2D eigenvalue weighted by molar-refractivity contribution is 5.29. The average Bonchev–Trinajstić information content (AvgIpc) is 2.48. The van der Waals surface area contributed by atoms with Gasteiger partial charge in [-0.05, 0) is 24.3 Å². The van der Waals surface area contributed by atoms with Crippen LogP contribution in [0.5, 0.6) is 23.5 Å². The summed E-state index contributed by atoms with van der Waals surface area (Å²) in [5.41, 5.74) is 5.64. The molecule has 0 fully saturated rings. The van der Waals surface area contributed by atoms with Crippen LogP contribution >= 0.6 is 0 Å². The first-order valence-corrected chi connectivity index (χ1v) is 6.27. The highest BCUT2D eigenvalue weighted by Crippen LogP contribution is 2.22. The third-order valence-electron chi connectivity index (χ3n) is 2.52. The molecule has 6 heteroatoms. The van der Waals surface area contributed by atoms with Gasteiger partial charge in [0.1, 0.15) is 11.5 Å². The third-order valence-corrected chi connectivity index (χ3v) is 2.52. The fraction of sp³-hybridized carbons (Fsp3) is 0. The predicted molar refractivity (Wildman–Crippen MR) is 77.3 cm³/mol. The van der Waals surface area contributed by atoms with Gasteiger partial charge in [0.05, 0.1) is 0 Å². The number of hydrogen-bond donors (Lipinski definition) is 1. The number of aromatic nitrogens is 3. The molecule has 0 bridgehead atoms. The summed E-state index contributed by atoms with van der Waals surface area (Å²) in [6.07, 6.45) is 0. The maximum absolute atomic E-state index is 5.64. The summed E-state index contributed by atoms with van der Waals surface area (Å²) in [6, 6.07) is 18.5. The van der Waals surface area contributed by atoms with Gasteiger partial charge in [0.15, 0.2) is 0 Å². The monoisotopic (exact) mass is 280 g/mol. The van der Waals surface area contributed by atoms with Gasteiger partial charge in [-0.25, -0.2) is 0 Å². The molecular weight excluding hydrogens is 268 g/mol. The molecule has 0 unspecified atom stereocenters. The number of para-hydroxylation sites is 2. The number of nitrogen functional groups attached to an aromatic ring is 1. The summed E-state index contributed by atoms with van der Waals surface area (Å²) in [5, 5.41) is 0. The van der Waals surface area contributed by atoms with Crippen LogP contribution in [0.1, 0.15) is 0 Å². The first-order valence-electron chi connectivity index (χ1n) is 6.27. The smallest absolute Gasteiger partial charge is 0.330 e. The van der Waals surface area contributed by atoms with E-state index in [1.807, 2.05) is 36.4 Å². The lowest BCUT2D eigenvalue weighted by Gasteiger charge is -2.07. The highest BCUT2D eigenvalue weighted by atomic mass is 16.5. The number of ether oxygens (including phenoxy) is 2. The molecule has 0 aliphatic heterocycles. The maximum Gasteiger partial charge on any atom is 0.330 e. The molecule has 6 nitrogen and oxygen atoms in total. The molecule has 3 aromatic rings. The van der Waals surface area contributed by atoms with E-state index in [2.05, 4.69) is 15.0 Å². The number of nitrogens with zero attached hydrogens (tertiary/aromatic N) is 3. The Morgan fingerprint density at radius 1 is 0.619 bits per heavy atom. The van der Waals surface area contributed by atoms with Gasteiger partial charge in [-0.2, -0.15) is 9.97 Å². The number of anilines is 1. The van der Waals surface area contributed by atoms with Crippen molar-refractivity contribution >= 4 is 5.95 Å². The van der Waals surface area contributed by atoms with Gasteiger partial charge in [0.25, 0.3) is 0 Å². The number of nitrogens with two attached hydrogens (primary N) is 1. The second-order valence-electron chi connectivity index (χ2n) is 4.09. The second kappa shape index (κ2) is 5.87. The fourth-order valence-electron chi connectivity index (χ4n) is 1.63. The maximum atomic E-state index is 5.64. The van der Waals surface area contributed by atoms with Gasteiger partial charge >= 0.3 is 12.0 Å². The molecule has 0 saturated heterocycles. The first kappa shape index (κ1) is 12.9. The molecule has 0 spiro atoms. The van der Waals surface area contributed by atoms with Crippen molar-refractivity contribution in [1.29, 1.82) is 0 Å². The molecule has 2 N–H and O–H groups in total. The van der Waals surface area contributed by atoms with Gasteiger partial charge in [0.2, 0.25) is 5.95 Å². The lowest BCUT2D eigenvalue weighted by atomic mass is 10.3. The molecule has 3 rings (SSSR count). The zero-order valence-electron chi connectivity index (χ0n) is 11.0. The van der Waals surface area contributed by atoms with Crippen LogP contribution in [0.15, 0.2) is 60.7 Å². The molecule has 0 saturated carbocycles. The normalized spacial score (nSPS) is 10.1. The molecule has 2 aromatic carbocycles. The van der Waals surface area contributed by atoms with Crippen LogP contribution in [0, 0.1) is 0 Å². The summed E-state index contributed by atoms with van der Waals surface area (Å²) >= 11 is 0. The molecule has 104 valence electrons. The van der Waals surface area contributed by atoms with E-state index in [-0.39, 0.29) is 18.0 Å². The van der Waals surface area contributed by atoms with E-state index in [0.717, 1.165) is 0 Å². The van der Waals surface area contributed by atoms with Gasteiger partial charge < -0.3 is 15.2 Å². The average molecular weight is 280 g/mol. The van der Waals surface area contributed by atoms with Gasteiger partial charge in [-0.1, -0.05) is 36.4 Å². The Morgan fingerprint density at radius 3 is 1.48 bits per heavy atom. The van der Waals surface area contributed by atoms with E-state index in [1.54, 1.807) is 24.3 Å². The quantitative estimate of drug-likeness (QED) is 0.790. The topological polar surface area (TPSA) is 83.2 Å². The molecule has 0 aliphatic carbocycles. The van der Waals surface area contributed by atoms with Crippen molar-refractivity contribution in [2.75, 3.05) is 5.73 Å². The van der Waals surface area contributed by atoms with Gasteiger partial charge in [0, 0.05) is 0 Å². The van der Waals surface area contributed by atoms with E-state index >= 15 is 0 Å². The number of benzene rings is 2. The van der Waals surface area contributed by atoms with Crippen LogP contribution in [-0.4, -0.2) is 15.0 Å². The van der Waals surface area contributed by atoms with Gasteiger partial charge in [-0.3, -0.25) is 0 Å². The zero-order valence-corrected chi connectivity index (χ0v) is 11.0. The fourth-order valence-corrected chi connectivity index (χ4v) is 1.63. The van der Waals surface area contributed by atoms with Crippen LogP contribution in [0.2, 0.25) is 0 Å². The standard InChI is InChI=1S/C15H12N4O2/c16-13-17-14(20-11-7-3-1-4-8-11)19-15(18-13)21-12-9-5-2-6-10-12/h1-10H,(H2,16,17,18,19). The molecule has 1 heterocycles. The Balaban J connectivity index is 1.83. The third kappa shape index (κ3) is 3.44. The SMILES string of the molecule is Nc1nc(Oc2ccccc2)nc(Oc2ccccc2)n1. The van der Waals surface area contributed by atoms with Crippen LogP contribution in [-0.2, 0) is 0 Å².